The predicted octanol–water partition coefficient (Wildman–Crippen LogP) is 3.58. The number of nitro benzene ring substituents is 1. The SMILES string of the molecule is Cc1ccc2cc(CCNC(=S)Nc3ccc([N+](=O)[O-])cc3)c(=O)[nH]c2c1C. The molecule has 0 amide bonds. The van der Waals surface area contributed by atoms with Crippen molar-refractivity contribution in [1.29, 1.82) is 0 Å². The Morgan fingerprint density at radius 1 is 1.18 bits per heavy atom. The van der Waals surface area contributed by atoms with Gasteiger partial charge in [-0.2, -0.15) is 0 Å². The molecule has 0 aliphatic carbocycles. The molecule has 7 nitrogen and oxygen atoms in total. The maximum atomic E-state index is 12.4. The minimum atomic E-state index is -0.454. The lowest BCUT2D eigenvalue weighted by molar-refractivity contribution is -0.384. The van der Waals surface area contributed by atoms with E-state index < -0.39 is 4.92 Å². The number of aryl methyl sites for hydroxylation is 2. The molecule has 0 aliphatic rings. The number of benzene rings is 2. The number of nitrogens with one attached hydrogen (secondary N) is 3. The molecule has 0 saturated heterocycles. The molecule has 0 fully saturated rings. The van der Waals surface area contributed by atoms with E-state index in [1.165, 1.54) is 12.1 Å². The first-order valence-electron chi connectivity index (χ1n) is 8.76. The summed E-state index contributed by atoms with van der Waals surface area (Å²) in [6, 6.07) is 11.9. The van der Waals surface area contributed by atoms with Gasteiger partial charge in [0.1, 0.15) is 0 Å². The van der Waals surface area contributed by atoms with E-state index >= 15 is 0 Å². The summed E-state index contributed by atoms with van der Waals surface area (Å²) in [5.41, 5.74) is 4.34. The van der Waals surface area contributed by atoms with Crippen LogP contribution in [0.1, 0.15) is 16.7 Å². The number of nitrogens with zero attached hydrogens (tertiary/aromatic N) is 1. The molecule has 0 spiro atoms. The molecule has 2 aromatic carbocycles. The van der Waals surface area contributed by atoms with E-state index in [1.807, 2.05) is 32.0 Å². The maximum Gasteiger partial charge on any atom is 0.269 e. The van der Waals surface area contributed by atoms with Gasteiger partial charge in [0.25, 0.3) is 11.2 Å². The monoisotopic (exact) mass is 396 g/mol. The number of hydrogen-bond acceptors (Lipinski definition) is 4. The number of rotatable bonds is 5. The first kappa shape index (κ1) is 19.5. The van der Waals surface area contributed by atoms with Gasteiger partial charge in [-0.3, -0.25) is 14.9 Å². The second-order valence-electron chi connectivity index (χ2n) is 6.53. The van der Waals surface area contributed by atoms with Gasteiger partial charge in [0.2, 0.25) is 0 Å². The van der Waals surface area contributed by atoms with Crippen molar-refractivity contribution in [3.8, 4) is 0 Å². The standard InChI is InChI=1S/C20H20N4O3S/c1-12-3-4-14-11-15(19(25)23-18(14)13(12)2)9-10-21-20(28)22-16-5-7-17(8-6-16)24(26)27/h3-8,11H,9-10H2,1-2H3,(H,23,25)(H2,21,22,28). The van der Waals surface area contributed by atoms with Crippen LogP contribution in [0.4, 0.5) is 11.4 Å². The number of hydrogen-bond donors (Lipinski definition) is 3. The van der Waals surface area contributed by atoms with Crippen molar-refractivity contribution in [3.05, 3.63) is 79.6 Å². The summed E-state index contributed by atoms with van der Waals surface area (Å²) < 4.78 is 0. The van der Waals surface area contributed by atoms with Crippen LogP contribution in [0.25, 0.3) is 10.9 Å². The van der Waals surface area contributed by atoms with E-state index in [9.17, 15) is 14.9 Å². The molecule has 144 valence electrons. The smallest absolute Gasteiger partial charge is 0.269 e. The van der Waals surface area contributed by atoms with E-state index in [4.69, 9.17) is 12.2 Å². The van der Waals surface area contributed by atoms with Crippen molar-refractivity contribution >= 4 is 39.6 Å². The zero-order chi connectivity index (χ0) is 20.3. The topological polar surface area (TPSA) is 100 Å². The Morgan fingerprint density at radius 3 is 2.57 bits per heavy atom. The number of H-pyrrole nitrogens is 1. The summed E-state index contributed by atoms with van der Waals surface area (Å²) in [7, 11) is 0. The molecule has 28 heavy (non-hydrogen) atoms. The number of nitro groups is 1. The van der Waals surface area contributed by atoms with Crippen molar-refractivity contribution in [2.24, 2.45) is 0 Å². The van der Waals surface area contributed by atoms with E-state index in [0.717, 1.165) is 22.0 Å². The number of pyridine rings is 1. The fraction of sp³-hybridized carbons (Fsp3) is 0.200. The van der Waals surface area contributed by atoms with Crippen molar-refractivity contribution in [2.45, 2.75) is 20.3 Å². The average molecular weight is 396 g/mol. The lowest BCUT2D eigenvalue weighted by Gasteiger charge is -2.11. The summed E-state index contributed by atoms with van der Waals surface area (Å²) in [4.78, 5) is 25.6. The second-order valence-corrected chi connectivity index (χ2v) is 6.94. The molecule has 3 rings (SSSR count). The molecule has 0 atom stereocenters. The summed E-state index contributed by atoms with van der Waals surface area (Å²) >= 11 is 5.24. The molecule has 1 aromatic heterocycles. The zero-order valence-corrected chi connectivity index (χ0v) is 16.4. The first-order chi connectivity index (χ1) is 13.3. The number of anilines is 1. The molecular weight excluding hydrogens is 376 g/mol. The molecule has 1 heterocycles. The highest BCUT2D eigenvalue weighted by Crippen LogP contribution is 2.19. The van der Waals surface area contributed by atoms with Crippen LogP contribution in [0.15, 0.2) is 47.3 Å². The maximum absolute atomic E-state index is 12.4. The van der Waals surface area contributed by atoms with Gasteiger partial charge in [0, 0.05) is 29.9 Å². The van der Waals surface area contributed by atoms with Gasteiger partial charge in [-0.05, 0) is 67.2 Å². The third-order valence-corrected chi connectivity index (χ3v) is 4.89. The number of aromatic amines is 1. The zero-order valence-electron chi connectivity index (χ0n) is 15.5. The second kappa shape index (κ2) is 8.18. The molecular formula is C20H20N4O3S. The number of fused-ring (bicyclic) bond motifs is 1. The Morgan fingerprint density at radius 2 is 1.89 bits per heavy atom. The lowest BCUT2D eigenvalue weighted by Crippen LogP contribution is -2.31. The Hall–Kier alpha value is -3.26. The Balaban J connectivity index is 1.60. The predicted molar refractivity (Wildman–Crippen MR) is 115 cm³/mol. The fourth-order valence-corrected chi connectivity index (χ4v) is 3.13. The van der Waals surface area contributed by atoms with Crippen LogP contribution in [0.2, 0.25) is 0 Å². The van der Waals surface area contributed by atoms with Crippen molar-refractivity contribution in [1.82, 2.24) is 10.3 Å². The molecule has 0 bridgehead atoms. The van der Waals surface area contributed by atoms with Crippen LogP contribution in [-0.2, 0) is 6.42 Å². The molecule has 0 radical (unpaired) electrons. The van der Waals surface area contributed by atoms with Crippen LogP contribution in [0, 0.1) is 24.0 Å². The third-order valence-electron chi connectivity index (χ3n) is 4.64. The fourth-order valence-electron chi connectivity index (χ4n) is 2.91. The highest BCUT2D eigenvalue weighted by molar-refractivity contribution is 7.80. The van der Waals surface area contributed by atoms with Crippen LogP contribution >= 0.6 is 12.2 Å². The molecule has 3 aromatic rings. The van der Waals surface area contributed by atoms with Crippen LogP contribution < -0.4 is 16.2 Å². The summed E-state index contributed by atoms with van der Waals surface area (Å²) in [6.07, 6.45) is 0.514. The number of non-ortho nitro benzene ring substituents is 1. The Bertz CT molecular complexity index is 1110. The van der Waals surface area contributed by atoms with Gasteiger partial charge in [-0.1, -0.05) is 12.1 Å². The van der Waals surface area contributed by atoms with Crippen molar-refractivity contribution < 1.29 is 4.92 Å². The van der Waals surface area contributed by atoms with Crippen LogP contribution in [0.3, 0.4) is 0 Å². The van der Waals surface area contributed by atoms with Gasteiger partial charge in [0.15, 0.2) is 5.11 Å². The summed E-state index contributed by atoms with van der Waals surface area (Å²) in [6.45, 7) is 4.50. The van der Waals surface area contributed by atoms with Gasteiger partial charge in [-0.25, -0.2) is 0 Å². The lowest BCUT2D eigenvalue weighted by atomic mass is 10.0. The normalized spacial score (nSPS) is 10.6. The molecule has 3 N–H and O–H groups in total. The summed E-state index contributed by atoms with van der Waals surface area (Å²) in [5.74, 6) is 0. The minimum absolute atomic E-state index is 0.0189. The number of thiocarbonyl (C=S) groups is 1. The molecule has 0 aliphatic heterocycles. The van der Waals surface area contributed by atoms with E-state index in [1.54, 1.807) is 12.1 Å². The van der Waals surface area contributed by atoms with E-state index in [2.05, 4.69) is 15.6 Å². The Labute approximate surface area is 166 Å². The van der Waals surface area contributed by atoms with Crippen LogP contribution in [-0.4, -0.2) is 21.6 Å². The molecule has 8 heteroatoms. The summed E-state index contributed by atoms with van der Waals surface area (Å²) in [5, 5.41) is 18.1. The van der Waals surface area contributed by atoms with Gasteiger partial charge >= 0.3 is 0 Å². The van der Waals surface area contributed by atoms with E-state index in [-0.39, 0.29) is 11.2 Å². The molecule has 0 saturated carbocycles. The first-order valence-corrected chi connectivity index (χ1v) is 9.17. The van der Waals surface area contributed by atoms with Gasteiger partial charge in [-0.15, -0.1) is 0 Å². The highest BCUT2D eigenvalue weighted by Gasteiger charge is 2.07. The Kier molecular flexibility index (Phi) is 5.70. The van der Waals surface area contributed by atoms with Crippen LogP contribution in [0.5, 0.6) is 0 Å². The van der Waals surface area contributed by atoms with Gasteiger partial charge in [0.05, 0.1) is 10.4 Å². The third kappa shape index (κ3) is 4.34. The average Bonchev–Trinajstić information content (AvgIpc) is 2.66. The highest BCUT2D eigenvalue weighted by atomic mass is 32.1. The minimum Gasteiger partial charge on any atom is -0.362 e. The molecule has 0 unspecified atom stereocenters. The van der Waals surface area contributed by atoms with E-state index in [0.29, 0.717) is 29.3 Å². The van der Waals surface area contributed by atoms with Crippen molar-refractivity contribution in [2.75, 3.05) is 11.9 Å². The van der Waals surface area contributed by atoms with Gasteiger partial charge < -0.3 is 15.6 Å². The van der Waals surface area contributed by atoms with Crippen molar-refractivity contribution in [3.63, 3.8) is 0 Å². The quantitative estimate of drug-likeness (QED) is 0.346. The number of aromatic nitrogens is 1. The largest absolute Gasteiger partial charge is 0.362 e.